The first-order valence-electron chi connectivity index (χ1n) is 9.12. The molecule has 4 nitrogen and oxygen atoms in total. The van der Waals surface area contributed by atoms with Gasteiger partial charge in [0.1, 0.15) is 5.75 Å². The van der Waals surface area contributed by atoms with Crippen LogP contribution in [0.1, 0.15) is 16.0 Å². The van der Waals surface area contributed by atoms with Gasteiger partial charge in [0.15, 0.2) is 0 Å². The second-order valence-corrected chi connectivity index (χ2v) is 8.40. The zero-order valence-corrected chi connectivity index (χ0v) is 17.5. The fraction of sp³-hybridized carbons (Fsp3) is 0.130. The Morgan fingerprint density at radius 2 is 1.69 bits per heavy atom. The van der Waals surface area contributed by atoms with Gasteiger partial charge < -0.3 is 4.74 Å². The first-order valence-corrected chi connectivity index (χ1v) is 11.0. The molecule has 0 spiro atoms. The van der Waals surface area contributed by atoms with E-state index in [1.807, 2.05) is 72.1 Å². The number of benzene rings is 2. The van der Waals surface area contributed by atoms with Gasteiger partial charge in [-0.3, -0.25) is 14.5 Å². The normalized spacial score (nSPS) is 14.0. The molecule has 29 heavy (non-hydrogen) atoms. The van der Waals surface area contributed by atoms with Gasteiger partial charge in [0.05, 0.1) is 24.1 Å². The van der Waals surface area contributed by atoms with Crippen LogP contribution in [0.3, 0.4) is 0 Å². The highest BCUT2D eigenvalue weighted by Gasteiger charge is 2.39. The third-order valence-electron chi connectivity index (χ3n) is 4.64. The fourth-order valence-corrected chi connectivity index (χ4v) is 5.11. The van der Waals surface area contributed by atoms with Gasteiger partial charge in [0, 0.05) is 16.2 Å². The summed E-state index contributed by atoms with van der Waals surface area (Å²) in [5, 5.41) is 1.92. The number of hydrogen-bond donors (Lipinski definition) is 0. The lowest BCUT2D eigenvalue weighted by Gasteiger charge is -2.17. The quantitative estimate of drug-likeness (QED) is 0.505. The number of amides is 2. The van der Waals surface area contributed by atoms with E-state index in [0.717, 1.165) is 16.0 Å². The summed E-state index contributed by atoms with van der Waals surface area (Å²) in [4.78, 5) is 29.1. The van der Waals surface area contributed by atoms with E-state index in [1.54, 1.807) is 7.11 Å². The Bertz CT molecular complexity index is 1060. The monoisotopic (exact) mass is 421 g/mol. The largest absolute Gasteiger partial charge is 0.496 e. The molecule has 2 heterocycles. The van der Waals surface area contributed by atoms with Crippen molar-refractivity contribution in [3.63, 3.8) is 0 Å². The topological polar surface area (TPSA) is 46.6 Å². The van der Waals surface area contributed by atoms with Gasteiger partial charge in [-0.2, -0.15) is 0 Å². The van der Waals surface area contributed by atoms with Crippen molar-refractivity contribution in [2.45, 2.75) is 12.3 Å². The van der Waals surface area contributed by atoms with Gasteiger partial charge in [-0.05, 0) is 23.1 Å². The summed E-state index contributed by atoms with van der Waals surface area (Å²) < 4.78 is 5.39. The average molecular weight is 422 g/mol. The molecule has 146 valence electrons. The molecule has 3 aromatic rings. The predicted octanol–water partition coefficient (Wildman–Crippen LogP) is 4.97. The van der Waals surface area contributed by atoms with Gasteiger partial charge in [0.2, 0.25) is 0 Å². The van der Waals surface area contributed by atoms with Gasteiger partial charge in [-0.25, -0.2) is 0 Å². The number of imide groups is 1. The molecule has 0 saturated heterocycles. The predicted molar refractivity (Wildman–Crippen MR) is 118 cm³/mol. The summed E-state index contributed by atoms with van der Waals surface area (Å²) in [5.74, 6) is 0.798. The summed E-state index contributed by atoms with van der Waals surface area (Å²) in [6, 6.07) is 21.2. The number of ether oxygens (including phenoxy) is 1. The molecule has 2 amide bonds. The first kappa shape index (κ1) is 19.5. The SMILES string of the molecule is COc1ccccc1CN1C(=O)C(SCc2ccccc2)=C(c2cccs2)C1=O. The molecule has 1 aliphatic heterocycles. The zero-order chi connectivity index (χ0) is 20.2. The number of carbonyl (C=O) groups is 2. The molecule has 0 aliphatic carbocycles. The van der Waals surface area contributed by atoms with E-state index in [4.69, 9.17) is 4.74 Å². The van der Waals surface area contributed by atoms with E-state index in [-0.39, 0.29) is 18.4 Å². The van der Waals surface area contributed by atoms with Crippen molar-refractivity contribution in [2.24, 2.45) is 0 Å². The number of carbonyl (C=O) groups excluding carboxylic acids is 2. The van der Waals surface area contributed by atoms with Crippen LogP contribution in [0.15, 0.2) is 77.0 Å². The number of hydrogen-bond acceptors (Lipinski definition) is 5. The highest BCUT2D eigenvalue weighted by atomic mass is 32.2. The van der Waals surface area contributed by atoms with Crippen LogP contribution in [-0.4, -0.2) is 23.8 Å². The molecule has 0 saturated carbocycles. The van der Waals surface area contributed by atoms with Crippen LogP contribution in [0.5, 0.6) is 5.75 Å². The van der Waals surface area contributed by atoms with Gasteiger partial charge in [-0.15, -0.1) is 23.1 Å². The Balaban J connectivity index is 1.64. The van der Waals surface area contributed by atoms with Crippen LogP contribution in [0.2, 0.25) is 0 Å². The van der Waals surface area contributed by atoms with Gasteiger partial charge in [0.25, 0.3) is 11.8 Å². The van der Waals surface area contributed by atoms with E-state index < -0.39 is 0 Å². The maximum atomic E-state index is 13.2. The zero-order valence-electron chi connectivity index (χ0n) is 15.8. The van der Waals surface area contributed by atoms with Gasteiger partial charge in [-0.1, -0.05) is 54.6 Å². The molecule has 0 atom stereocenters. The van der Waals surface area contributed by atoms with Crippen molar-refractivity contribution in [2.75, 3.05) is 7.11 Å². The second kappa shape index (κ2) is 8.68. The number of thioether (sulfide) groups is 1. The lowest BCUT2D eigenvalue weighted by molar-refractivity contribution is -0.137. The van der Waals surface area contributed by atoms with Crippen molar-refractivity contribution in [1.29, 1.82) is 0 Å². The lowest BCUT2D eigenvalue weighted by Crippen LogP contribution is -2.31. The van der Waals surface area contributed by atoms with E-state index in [0.29, 0.717) is 22.0 Å². The Hall–Kier alpha value is -2.83. The van der Waals surface area contributed by atoms with Crippen molar-refractivity contribution in [3.8, 4) is 5.75 Å². The second-order valence-electron chi connectivity index (χ2n) is 6.46. The highest BCUT2D eigenvalue weighted by molar-refractivity contribution is 8.03. The smallest absolute Gasteiger partial charge is 0.268 e. The van der Waals surface area contributed by atoms with Crippen LogP contribution in [0.4, 0.5) is 0 Å². The van der Waals surface area contributed by atoms with Gasteiger partial charge >= 0.3 is 0 Å². The van der Waals surface area contributed by atoms with Crippen molar-refractivity contribution in [1.82, 2.24) is 4.90 Å². The Morgan fingerprint density at radius 3 is 2.41 bits per heavy atom. The molecule has 0 fully saturated rings. The molecule has 0 bridgehead atoms. The Labute approximate surface area is 177 Å². The maximum Gasteiger partial charge on any atom is 0.268 e. The minimum absolute atomic E-state index is 0.186. The van der Waals surface area contributed by atoms with E-state index in [9.17, 15) is 9.59 Å². The minimum Gasteiger partial charge on any atom is -0.496 e. The number of methoxy groups -OCH3 is 1. The van der Waals surface area contributed by atoms with Crippen LogP contribution < -0.4 is 4.74 Å². The fourth-order valence-electron chi connectivity index (χ4n) is 3.20. The molecule has 6 heteroatoms. The Morgan fingerprint density at radius 1 is 0.931 bits per heavy atom. The summed E-state index contributed by atoms with van der Waals surface area (Å²) >= 11 is 2.89. The first-order chi connectivity index (χ1) is 14.2. The van der Waals surface area contributed by atoms with Crippen molar-refractivity contribution in [3.05, 3.63) is 93.0 Å². The molecular formula is C23H19NO3S2. The van der Waals surface area contributed by atoms with Crippen LogP contribution in [-0.2, 0) is 21.9 Å². The molecular weight excluding hydrogens is 402 g/mol. The van der Waals surface area contributed by atoms with E-state index >= 15 is 0 Å². The summed E-state index contributed by atoms with van der Waals surface area (Å²) in [6.07, 6.45) is 0. The molecule has 2 aromatic carbocycles. The Kier molecular flexibility index (Phi) is 5.83. The summed E-state index contributed by atoms with van der Waals surface area (Å²) in [7, 11) is 1.59. The molecule has 1 aliphatic rings. The van der Waals surface area contributed by atoms with Crippen LogP contribution in [0, 0.1) is 0 Å². The lowest BCUT2D eigenvalue weighted by atomic mass is 10.2. The van der Waals surface area contributed by atoms with Crippen molar-refractivity contribution >= 4 is 40.5 Å². The highest BCUT2D eigenvalue weighted by Crippen LogP contribution is 2.40. The van der Waals surface area contributed by atoms with E-state index in [2.05, 4.69) is 0 Å². The number of thiophene rings is 1. The van der Waals surface area contributed by atoms with E-state index in [1.165, 1.54) is 28.0 Å². The molecule has 0 unspecified atom stereocenters. The molecule has 1 aromatic heterocycles. The summed E-state index contributed by atoms with van der Waals surface area (Å²) in [6.45, 7) is 0.186. The number of para-hydroxylation sites is 1. The van der Waals surface area contributed by atoms with Crippen LogP contribution >= 0.6 is 23.1 Å². The molecule has 4 rings (SSSR count). The number of rotatable bonds is 7. The number of nitrogens with zero attached hydrogens (tertiary/aromatic N) is 1. The maximum absolute atomic E-state index is 13.2. The standard InChI is InChI=1S/C23H19NO3S2/c1-27-18-11-6-5-10-17(18)14-24-22(25)20(19-12-7-13-28-19)21(23(24)26)29-15-16-8-3-2-4-9-16/h2-13H,14-15H2,1H3. The molecule has 0 radical (unpaired) electrons. The minimum atomic E-state index is -0.251. The summed E-state index contributed by atoms with van der Waals surface area (Å²) in [5.41, 5.74) is 2.41. The molecule has 0 N–H and O–H groups in total. The third-order valence-corrected chi connectivity index (χ3v) is 6.67. The average Bonchev–Trinajstić information content (AvgIpc) is 3.36. The van der Waals surface area contributed by atoms with Crippen LogP contribution in [0.25, 0.3) is 5.57 Å². The third kappa shape index (κ3) is 3.99. The van der Waals surface area contributed by atoms with Crippen molar-refractivity contribution < 1.29 is 14.3 Å².